The number of carbonyl (C=O) groups excluding carboxylic acids is 2. The van der Waals surface area contributed by atoms with Crippen LogP contribution in [-0.4, -0.2) is 62.2 Å². The van der Waals surface area contributed by atoms with E-state index in [2.05, 4.69) is 10.6 Å². The predicted octanol–water partition coefficient (Wildman–Crippen LogP) is 2.70. The number of carbonyl (C=O) groups is 3. The third-order valence-electron chi connectivity index (χ3n) is 5.92. The molecule has 0 fully saturated rings. The normalized spacial score (nSPS) is 14.3. The van der Waals surface area contributed by atoms with E-state index in [0.717, 1.165) is 28.5 Å². The SMILES string of the molecule is CCCC(NC(=O)OCC1c2ccccc2-c2ccccc21)C(=O)NC(CCS(C)(=O)=O)C(=O)O. The Labute approximate surface area is 204 Å². The van der Waals surface area contributed by atoms with Crippen LogP contribution in [0, 0.1) is 0 Å². The third kappa shape index (κ3) is 6.82. The highest BCUT2D eigenvalue weighted by Gasteiger charge is 2.30. The van der Waals surface area contributed by atoms with Crippen LogP contribution in [0.15, 0.2) is 48.5 Å². The summed E-state index contributed by atoms with van der Waals surface area (Å²) in [7, 11) is -3.40. The van der Waals surface area contributed by atoms with Gasteiger partial charge in [-0.3, -0.25) is 4.79 Å². The molecule has 3 N–H and O–H groups in total. The molecule has 10 heteroatoms. The first kappa shape index (κ1) is 26.2. The molecule has 0 aromatic heterocycles. The standard InChI is InChI=1S/C25H30N2O7S/c1-3-8-21(23(28)26-22(24(29)30)13-14-35(2,32)33)27-25(31)34-15-20-18-11-6-4-9-16(18)17-10-5-7-12-19(17)20/h4-7,9-12,20-22H,3,8,13-15H2,1-2H3,(H,26,28)(H,27,31)(H,29,30). The summed E-state index contributed by atoms with van der Waals surface area (Å²) in [5, 5.41) is 14.2. The molecule has 0 aliphatic heterocycles. The number of ether oxygens (including phenoxy) is 1. The van der Waals surface area contributed by atoms with Gasteiger partial charge in [0.05, 0.1) is 5.75 Å². The molecule has 1 aliphatic rings. The Bertz CT molecular complexity index is 1150. The second kappa shape index (κ2) is 11.4. The molecule has 1 aliphatic carbocycles. The van der Waals surface area contributed by atoms with Crippen molar-refractivity contribution in [3.8, 4) is 11.1 Å². The number of nitrogens with one attached hydrogen (secondary N) is 2. The summed E-state index contributed by atoms with van der Waals surface area (Å²) in [5.74, 6) is -2.58. The minimum Gasteiger partial charge on any atom is -0.480 e. The van der Waals surface area contributed by atoms with Crippen LogP contribution >= 0.6 is 0 Å². The second-order valence-corrected chi connectivity index (χ2v) is 10.9. The molecule has 0 spiro atoms. The van der Waals surface area contributed by atoms with Crippen LogP contribution in [0.3, 0.4) is 0 Å². The zero-order valence-corrected chi connectivity index (χ0v) is 20.5. The summed E-state index contributed by atoms with van der Waals surface area (Å²) in [6.45, 7) is 1.89. The largest absolute Gasteiger partial charge is 0.480 e. The van der Waals surface area contributed by atoms with Crippen molar-refractivity contribution in [3.05, 3.63) is 59.7 Å². The van der Waals surface area contributed by atoms with Gasteiger partial charge in [-0.05, 0) is 35.1 Å². The lowest BCUT2D eigenvalue weighted by molar-refractivity contribution is -0.142. The molecule has 188 valence electrons. The minimum absolute atomic E-state index is 0.0758. The molecule has 0 bridgehead atoms. The van der Waals surface area contributed by atoms with Crippen LogP contribution in [0.5, 0.6) is 0 Å². The van der Waals surface area contributed by atoms with Gasteiger partial charge in [-0.25, -0.2) is 18.0 Å². The van der Waals surface area contributed by atoms with Crippen molar-refractivity contribution < 1.29 is 32.6 Å². The number of rotatable bonds is 11. The molecule has 9 nitrogen and oxygen atoms in total. The van der Waals surface area contributed by atoms with Gasteiger partial charge in [0.1, 0.15) is 28.5 Å². The Morgan fingerprint density at radius 2 is 1.51 bits per heavy atom. The van der Waals surface area contributed by atoms with Crippen LogP contribution < -0.4 is 10.6 Å². The number of alkyl carbamates (subject to hydrolysis) is 1. The molecule has 2 amide bonds. The molecule has 2 aromatic carbocycles. The monoisotopic (exact) mass is 502 g/mol. The zero-order chi connectivity index (χ0) is 25.6. The van der Waals surface area contributed by atoms with Gasteiger partial charge < -0.3 is 20.5 Å². The van der Waals surface area contributed by atoms with E-state index >= 15 is 0 Å². The van der Waals surface area contributed by atoms with Crippen molar-refractivity contribution in [1.29, 1.82) is 0 Å². The lowest BCUT2D eigenvalue weighted by atomic mass is 9.98. The average Bonchev–Trinajstić information content (AvgIpc) is 3.13. The van der Waals surface area contributed by atoms with Gasteiger partial charge in [-0.2, -0.15) is 0 Å². The van der Waals surface area contributed by atoms with Gasteiger partial charge in [-0.1, -0.05) is 61.9 Å². The van der Waals surface area contributed by atoms with E-state index in [0.29, 0.717) is 6.42 Å². The first-order valence-electron chi connectivity index (χ1n) is 11.4. The summed E-state index contributed by atoms with van der Waals surface area (Å²) < 4.78 is 28.2. The van der Waals surface area contributed by atoms with Crippen LogP contribution in [0.4, 0.5) is 4.79 Å². The van der Waals surface area contributed by atoms with Gasteiger partial charge in [0.15, 0.2) is 0 Å². The summed E-state index contributed by atoms with van der Waals surface area (Å²) in [4.78, 5) is 36.8. The molecule has 0 saturated heterocycles. The van der Waals surface area contributed by atoms with Crippen LogP contribution in [0.2, 0.25) is 0 Å². The van der Waals surface area contributed by atoms with Crippen molar-refractivity contribution in [1.82, 2.24) is 10.6 Å². The average molecular weight is 503 g/mol. The highest BCUT2D eigenvalue weighted by Crippen LogP contribution is 2.44. The topological polar surface area (TPSA) is 139 Å². The quantitative estimate of drug-likeness (QED) is 0.429. The number of fused-ring (bicyclic) bond motifs is 3. The lowest BCUT2D eigenvalue weighted by Crippen LogP contribution is -2.52. The highest BCUT2D eigenvalue weighted by molar-refractivity contribution is 7.90. The van der Waals surface area contributed by atoms with E-state index in [1.807, 2.05) is 55.5 Å². The molecule has 0 heterocycles. The van der Waals surface area contributed by atoms with E-state index in [4.69, 9.17) is 4.74 Å². The van der Waals surface area contributed by atoms with E-state index in [1.54, 1.807) is 0 Å². The van der Waals surface area contributed by atoms with Gasteiger partial charge in [0, 0.05) is 12.2 Å². The number of benzene rings is 2. The second-order valence-electron chi connectivity index (χ2n) is 8.63. The Balaban J connectivity index is 1.63. The van der Waals surface area contributed by atoms with E-state index in [1.165, 1.54) is 0 Å². The number of hydrogen-bond donors (Lipinski definition) is 3. The highest BCUT2D eigenvalue weighted by atomic mass is 32.2. The fourth-order valence-electron chi connectivity index (χ4n) is 4.20. The summed E-state index contributed by atoms with van der Waals surface area (Å²) in [5.41, 5.74) is 4.29. The zero-order valence-electron chi connectivity index (χ0n) is 19.7. The van der Waals surface area contributed by atoms with E-state index in [-0.39, 0.29) is 31.1 Å². The first-order chi connectivity index (χ1) is 16.6. The van der Waals surface area contributed by atoms with Gasteiger partial charge >= 0.3 is 12.1 Å². The number of hydrogen-bond acceptors (Lipinski definition) is 6. The van der Waals surface area contributed by atoms with Gasteiger partial charge in [-0.15, -0.1) is 0 Å². The maximum Gasteiger partial charge on any atom is 0.407 e. The molecular formula is C25H30N2O7S. The first-order valence-corrected chi connectivity index (χ1v) is 13.5. The Kier molecular flexibility index (Phi) is 8.50. The fraction of sp³-hybridized carbons (Fsp3) is 0.400. The molecule has 2 aromatic rings. The summed E-state index contributed by atoms with van der Waals surface area (Å²) >= 11 is 0. The summed E-state index contributed by atoms with van der Waals surface area (Å²) in [6.07, 6.45) is 0.733. The molecule has 3 rings (SSSR count). The predicted molar refractivity (Wildman–Crippen MR) is 131 cm³/mol. The molecule has 2 unspecified atom stereocenters. The number of carboxylic acid groups (broad SMARTS) is 1. The van der Waals surface area contributed by atoms with E-state index in [9.17, 15) is 27.9 Å². The van der Waals surface area contributed by atoms with Gasteiger partial charge in [0.2, 0.25) is 5.91 Å². The fourth-order valence-corrected chi connectivity index (χ4v) is 4.87. The van der Waals surface area contributed by atoms with Crippen molar-refractivity contribution in [3.63, 3.8) is 0 Å². The van der Waals surface area contributed by atoms with Crippen molar-refractivity contribution in [2.75, 3.05) is 18.6 Å². The lowest BCUT2D eigenvalue weighted by Gasteiger charge is -2.21. The minimum atomic E-state index is -3.40. The van der Waals surface area contributed by atoms with Gasteiger partial charge in [0.25, 0.3) is 0 Å². The molecule has 35 heavy (non-hydrogen) atoms. The van der Waals surface area contributed by atoms with E-state index < -0.39 is 39.9 Å². The molecule has 2 atom stereocenters. The third-order valence-corrected chi connectivity index (χ3v) is 6.90. The van der Waals surface area contributed by atoms with Crippen LogP contribution in [0.1, 0.15) is 43.2 Å². The van der Waals surface area contributed by atoms with Crippen molar-refractivity contribution in [2.24, 2.45) is 0 Å². The van der Waals surface area contributed by atoms with Crippen molar-refractivity contribution >= 4 is 27.8 Å². The number of sulfone groups is 1. The van der Waals surface area contributed by atoms with Crippen LogP contribution in [-0.2, 0) is 24.2 Å². The number of carboxylic acids is 1. The Hall–Kier alpha value is -3.40. The Morgan fingerprint density at radius 3 is 2.03 bits per heavy atom. The molecular weight excluding hydrogens is 472 g/mol. The summed E-state index contributed by atoms with van der Waals surface area (Å²) in [6, 6.07) is 13.4. The molecule has 0 saturated carbocycles. The molecule has 0 radical (unpaired) electrons. The smallest absolute Gasteiger partial charge is 0.407 e. The maximum absolute atomic E-state index is 12.7. The maximum atomic E-state index is 12.7. The Morgan fingerprint density at radius 1 is 0.943 bits per heavy atom. The number of aliphatic carboxylic acids is 1. The number of amides is 2. The van der Waals surface area contributed by atoms with Crippen molar-refractivity contribution in [2.45, 2.75) is 44.2 Å². The van der Waals surface area contributed by atoms with Crippen LogP contribution in [0.25, 0.3) is 11.1 Å².